The Morgan fingerprint density at radius 3 is 2.50 bits per heavy atom. The van der Waals surface area contributed by atoms with Crippen LogP contribution in [0, 0.1) is 6.92 Å². The van der Waals surface area contributed by atoms with Crippen LogP contribution in [0.25, 0.3) is 11.3 Å². The molecule has 0 saturated heterocycles. The number of hydrogen-bond acceptors (Lipinski definition) is 2. The maximum Gasteiger partial charge on any atom is 0.0926 e. The minimum absolute atomic E-state index is 0.148. The van der Waals surface area contributed by atoms with Gasteiger partial charge in [0.15, 0.2) is 0 Å². The lowest BCUT2D eigenvalue weighted by Crippen LogP contribution is -2.11. The molecular formula is C15H21N3. The van der Waals surface area contributed by atoms with Crippen molar-refractivity contribution in [3.8, 4) is 11.3 Å². The zero-order valence-electron chi connectivity index (χ0n) is 11.5. The Morgan fingerprint density at radius 1 is 1.22 bits per heavy atom. The summed E-state index contributed by atoms with van der Waals surface area (Å²) in [4.78, 5) is 0. The molecule has 0 unspecified atom stereocenters. The monoisotopic (exact) mass is 243 g/mol. The van der Waals surface area contributed by atoms with Gasteiger partial charge in [-0.05, 0) is 35.6 Å². The molecule has 1 aromatic heterocycles. The Bertz CT molecular complexity index is 547. The van der Waals surface area contributed by atoms with Crippen molar-refractivity contribution in [2.75, 3.05) is 0 Å². The molecule has 3 heteroatoms. The van der Waals surface area contributed by atoms with E-state index in [1.807, 2.05) is 6.07 Å². The van der Waals surface area contributed by atoms with Crippen molar-refractivity contribution in [2.24, 2.45) is 5.73 Å². The van der Waals surface area contributed by atoms with E-state index in [4.69, 9.17) is 5.73 Å². The van der Waals surface area contributed by atoms with E-state index in [1.165, 1.54) is 16.7 Å². The Hall–Kier alpha value is -1.61. The summed E-state index contributed by atoms with van der Waals surface area (Å²) in [7, 11) is 0. The first kappa shape index (κ1) is 12.8. The number of nitrogens with two attached hydrogens (primary N) is 1. The van der Waals surface area contributed by atoms with Gasteiger partial charge in [-0.2, -0.15) is 5.10 Å². The first-order chi connectivity index (χ1) is 8.41. The number of benzene rings is 1. The van der Waals surface area contributed by atoms with Gasteiger partial charge in [0.05, 0.1) is 5.69 Å². The van der Waals surface area contributed by atoms with E-state index in [0.717, 1.165) is 11.4 Å². The number of aromatic nitrogens is 2. The molecule has 0 fully saturated rings. The molecule has 3 nitrogen and oxygen atoms in total. The fraction of sp³-hybridized carbons (Fsp3) is 0.400. The number of rotatable bonds is 2. The molecule has 0 atom stereocenters. The van der Waals surface area contributed by atoms with Gasteiger partial charge in [0, 0.05) is 17.8 Å². The highest BCUT2D eigenvalue weighted by Gasteiger charge is 2.16. The van der Waals surface area contributed by atoms with Gasteiger partial charge >= 0.3 is 0 Å². The average Bonchev–Trinajstić information content (AvgIpc) is 2.76. The van der Waals surface area contributed by atoms with Crippen LogP contribution >= 0.6 is 0 Å². The average molecular weight is 243 g/mol. The normalized spacial score (nSPS) is 11.8. The molecule has 0 aliphatic carbocycles. The van der Waals surface area contributed by atoms with Crippen LogP contribution in [0.1, 0.15) is 37.6 Å². The van der Waals surface area contributed by atoms with Crippen molar-refractivity contribution in [1.82, 2.24) is 10.2 Å². The van der Waals surface area contributed by atoms with Crippen molar-refractivity contribution in [3.05, 3.63) is 41.1 Å². The van der Waals surface area contributed by atoms with Crippen molar-refractivity contribution in [3.63, 3.8) is 0 Å². The first-order valence-corrected chi connectivity index (χ1v) is 6.27. The highest BCUT2D eigenvalue weighted by Crippen LogP contribution is 2.29. The standard InChI is InChI=1S/C15H21N3/c1-10-5-6-11(15(2,3)4)7-13(10)14-8-12(9-16)17-18-14/h5-8H,9,16H2,1-4H3,(H,17,18). The molecule has 96 valence electrons. The number of hydrogen-bond donors (Lipinski definition) is 2. The second kappa shape index (κ2) is 4.58. The largest absolute Gasteiger partial charge is 0.325 e. The van der Waals surface area contributed by atoms with E-state index in [2.05, 4.69) is 56.1 Å². The number of aromatic amines is 1. The van der Waals surface area contributed by atoms with Gasteiger partial charge in [0.25, 0.3) is 0 Å². The molecule has 3 N–H and O–H groups in total. The van der Waals surface area contributed by atoms with Gasteiger partial charge in [0.1, 0.15) is 0 Å². The van der Waals surface area contributed by atoms with Gasteiger partial charge in [-0.1, -0.05) is 32.9 Å². The minimum atomic E-state index is 0.148. The molecule has 0 bridgehead atoms. The molecular weight excluding hydrogens is 222 g/mol. The van der Waals surface area contributed by atoms with Crippen LogP contribution in [0.5, 0.6) is 0 Å². The summed E-state index contributed by atoms with van der Waals surface area (Å²) in [5.41, 5.74) is 11.4. The summed E-state index contributed by atoms with van der Waals surface area (Å²) in [5, 5.41) is 7.30. The lowest BCUT2D eigenvalue weighted by molar-refractivity contribution is 0.590. The van der Waals surface area contributed by atoms with Crippen molar-refractivity contribution in [1.29, 1.82) is 0 Å². The third kappa shape index (κ3) is 2.46. The molecule has 1 heterocycles. The Labute approximate surface area is 108 Å². The molecule has 18 heavy (non-hydrogen) atoms. The molecule has 0 amide bonds. The molecule has 0 saturated carbocycles. The molecule has 0 aliphatic heterocycles. The second-order valence-corrected chi connectivity index (χ2v) is 5.76. The topological polar surface area (TPSA) is 54.7 Å². The Kier molecular flexibility index (Phi) is 3.26. The van der Waals surface area contributed by atoms with Crippen LogP contribution in [0.15, 0.2) is 24.3 Å². The number of nitrogens with one attached hydrogen (secondary N) is 1. The van der Waals surface area contributed by atoms with E-state index in [9.17, 15) is 0 Å². The smallest absolute Gasteiger partial charge is 0.0926 e. The highest BCUT2D eigenvalue weighted by molar-refractivity contribution is 5.65. The van der Waals surface area contributed by atoms with Crippen LogP contribution in [0.3, 0.4) is 0 Å². The second-order valence-electron chi connectivity index (χ2n) is 5.76. The van der Waals surface area contributed by atoms with E-state index in [0.29, 0.717) is 6.54 Å². The fourth-order valence-corrected chi connectivity index (χ4v) is 1.97. The van der Waals surface area contributed by atoms with Gasteiger partial charge in [-0.25, -0.2) is 0 Å². The minimum Gasteiger partial charge on any atom is -0.325 e. The van der Waals surface area contributed by atoms with Crippen LogP contribution in [0.4, 0.5) is 0 Å². The molecule has 0 radical (unpaired) electrons. The lowest BCUT2D eigenvalue weighted by atomic mass is 9.85. The van der Waals surface area contributed by atoms with Gasteiger partial charge in [0.2, 0.25) is 0 Å². The summed E-state index contributed by atoms with van der Waals surface area (Å²) in [6.45, 7) is 9.26. The zero-order chi connectivity index (χ0) is 13.3. The van der Waals surface area contributed by atoms with Crippen molar-refractivity contribution in [2.45, 2.75) is 39.7 Å². The van der Waals surface area contributed by atoms with Gasteiger partial charge in [-0.3, -0.25) is 5.10 Å². The van der Waals surface area contributed by atoms with E-state index in [-0.39, 0.29) is 5.41 Å². The van der Waals surface area contributed by atoms with Crippen LogP contribution in [-0.4, -0.2) is 10.2 Å². The first-order valence-electron chi connectivity index (χ1n) is 6.27. The third-order valence-electron chi connectivity index (χ3n) is 3.23. The number of nitrogens with zero attached hydrogens (tertiary/aromatic N) is 1. The van der Waals surface area contributed by atoms with E-state index >= 15 is 0 Å². The summed E-state index contributed by atoms with van der Waals surface area (Å²) in [6, 6.07) is 8.60. The zero-order valence-corrected chi connectivity index (χ0v) is 11.5. The third-order valence-corrected chi connectivity index (χ3v) is 3.23. The maximum atomic E-state index is 5.61. The molecule has 0 spiro atoms. The van der Waals surface area contributed by atoms with Crippen LogP contribution < -0.4 is 5.73 Å². The Morgan fingerprint density at radius 2 is 1.94 bits per heavy atom. The number of H-pyrrole nitrogens is 1. The predicted octanol–water partition coefficient (Wildman–Crippen LogP) is 3.14. The lowest BCUT2D eigenvalue weighted by Gasteiger charge is -2.20. The van der Waals surface area contributed by atoms with Crippen molar-refractivity contribution >= 4 is 0 Å². The van der Waals surface area contributed by atoms with Crippen LogP contribution in [-0.2, 0) is 12.0 Å². The number of aryl methyl sites for hydroxylation is 1. The predicted molar refractivity (Wildman–Crippen MR) is 75.4 cm³/mol. The fourth-order valence-electron chi connectivity index (χ4n) is 1.97. The molecule has 2 aromatic rings. The summed E-state index contributed by atoms with van der Waals surface area (Å²) >= 11 is 0. The van der Waals surface area contributed by atoms with Gasteiger partial charge < -0.3 is 5.73 Å². The summed E-state index contributed by atoms with van der Waals surface area (Å²) in [5.74, 6) is 0. The SMILES string of the molecule is Cc1ccc(C(C)(C)C)cc1-c1cc(CN)[nH]n1. The molecule has 1 aromatic carbocycles. The van der Waals surface area contributed by atoms with Crippen molar-refractivity contribution < 1.29 is 0 Å². The Balaban J connectivity index is 2.49. The van der Waals surface area contributed by atoms with Gasteiger partial charge in [-0.15, -0.1) is 0 Å². The quantitative estimate of drug-likeness (QED) is 0.851. The molecule has 0 aliphatic rings. The maximum absolute atomic E-state index is 5.61. The highest BCUT2D eigenvalue weighted by atomic mass is 15.1. The molecule has 2 rings (SSSR count). The summed E-state index contributed by atoms with van der Waals surface area (Å²) in [6.07, 6.45) is 0. The summed E-state index contributed by atoms with van der Waals surface area (Å²) < 4.78 is 0. The van der Waals surface area contributed by atoms with E-state index < -0.39 is 0 Å². The van der Waals surface area contributed by atoms with Crippen LogP contribution in [0.2, 0.25) is 0 Å². The van der Waals surface area contributed by atoms with E-state index in [1.54, 1.807) is 0 Å².